The molecule has 0 N–H and O–H groups in total. The number of carbonyl (C=O) groups excluding carboxylic acids is 4. The SMILES string of the molecule is CCCCCCOc1ccc(N=Nc2ccc(OC(=O)[C@H](OC(=O)C(C)(C)C)[C@@H](OC(=O)C(C)(C)C)C(=O)Oc3ccc(N=Nc4ccc(OCCCCCC)cc4)cc3)cc2)cc1. The van der Waals surface area contributed by atoms with Crippen LogP contribution in [0.2, 0.25) is 0 Å². The summed E-state index contributed by atoms with van der Waals surface area (Å²) in [6.07, 6.45) is 4.85. The smallest absolute Gasteiger partial charge is 0.357 e. The third kappa shape index (κ3) is 17.4. The molecular weight excluding hydrogens is 817 g/mol. The zero-order valence-corrected chi connectivity index (χ0v) is 38.3. The van der Waals surface area contributed by atoms with Crippen molar-refractivity contribution in [3.63, 3.8) is 0 Å². The van der Waals surface area contributed by atoms with Crippen LogP contribution < -0.4 is 18.9 Å². The zero-order valence-electron chi connectivity index (χ0n) is 38.3. The number of carbonyl (C=O) groups is 4. The average molecular weight is 879 g/mol. The van der Waals surface area contributed by atoms with Gasteiger partial charge < -0.3 is 28.4 Å². The van der Waals surface area contributed by atoms with E-state index in [9.17, 15) is 19.2 Å². The van der Waals surface area contributed by atoms with Gasteiger partial charge in [0.05, 0.1) is 46.8 Å². The first kappa shape index (κ1) is 50.2. The van der Waals surface area contributed by atoms with Gasteiger partial charge in [-0.3, -0.25) is 9.59 Å². The van der Waals surface area contributed by atoms with Crippen molar-refractivity contribution in [2.24, 2.45) is 31.3 Å². The van der Waals surface area contributed by atoms with E-state index in [-0.39, 0.29) is 11.5 Å². The summed E-state index contributed by atoms with van der Waals surface area (Å²) in [6, 6.07) is 26.6. The number of hydrogen-bond donors (Lipinski definition) is 0. The predicted molar refractivity (Wildman–Crippen MR) is 243 cm³/mol. The molecule has 0 heterocycles. The van der Waals surface area contributed by atoms with Crippen molar-refractivity contribution in [1.29, 1.82) is 0 Å². The van der Waals surface area contributed by atoms with Gasteiger partial charge in [0.25, 0.3) is 0 Å². The first-order valence-electron chi connectivity index (χ1n) is 21.9. The van der Waals surface area contributed by atoms with Crippen molar-refractivity contribution in [1.82, 2.24) is 0 Å². The number of azo groups is 2. The first-order chi connectivity index (χ1) is 30.5. The summed E-state index contributed by atoms with van der Waals surface area (Å²) in [5.74, 6) is -2.54. The summed E-state index contributed by atoms with van der Waals surface area (Å²) in [4.78, 5) is 54.3. The second-order valence-electron chi connectivity index (χ2n) is 17.2. The van der Waals surface area contributed by atoms with Crippen molar-refractivity contribution in [2.45, 2.75) is 119 Å². The molecule has 0 aromatic heterocycles. The normalized spacial score (nSPS) is 12.7. The lowest BCUT2D eigenvalue weighted by Crippen LogP contribution is -2.51. The average Bonchev–Trinajstić information content (AvgIpc) is 3.27. The number of unbranched alkanes of at least 4 members (excludes halogenated alkanes) is 6. The fraction of sp³-hybridized carbons (Fsp3) is 0.440. The second kappa shape index (κ2) is 25.0. The van der Waals surface area contributed by atoms with Crippen LogP contribution in [0.25, 0.3) is 0 Å². The Balaban J connectivity index is 1.46. The maximum absolute atomic E-state index is 13.9. The summed E-state index contributed by atoms with van der Waals surface area (Å²) >= 11 is 0. The van der Waals surface area contributed by atoms with Crippen LogP contribution in [0.1, 0.15) is 107 Å². The van der Waals surface area contributed by atoms with Gasteiger partial charge in [-0.2, -0.15) is 20.5 Å². The molecule has 4 aromatic rings. The van der Waals surface area contributed by atoms with Crippen LogP contribution >= 0.6 is 0 Å². The Morgan fingerprint density at radius 2 is 0.703 bits per heavy atom. The summed E-state index contributed by atoms with van der Waals surface area (Å²) < 4.78 is 34.0. The number of esters is 4. The summed E-state index contributed by atoms with van der Waals surface area (Å²) in [5.41, 5.74) is -0.123. The fourth-order valence-corrected chi connectivity index (χ4v) is 5.45. The molecule has 14 nitrogen and oxygen atoms in total. The third-order valence-corrected chi connectivity index (χ3v) is 9.31. The Hall–Kier alpha value is -6.44. The molecule has 0 aliphatic carbocycles. The van der Waals surface area contributed by atoms with Crippen LogP contribution in [0.5, 0.6) is 23.0 Å². The molecule has 0 spiro atoms. The van der Waals surface area contributed by atoms with Gasteiger partial charge in [-0.05, 0) is 151 Å². The lowest BCUT2D eigenvalue weighted by Gasteiger charge is -2.28. The minimum Gasteiger partial charge on any atom is -0.494 e. The summed E-state index contributed by atoms with van der Waals surface area (Å²) in [7, 11) is 0. The number of benzene rings is 4. The minimum atomic E-state index is -2.06. The monoisotopic (exact) mass is 878 g/mol. The van der Waals surface area contributed by atoms with Crippen molar-refractivity contribution in [3.05, 3.63) is 97.1 Å². The minimum absolute atomic E-state index is 0.0299. The van der Waals surface area contributed by atoms with E-state index in [1.54, 1.807) is 90.1 Å². The molecule has 0 aliphatic rings. The van der Waals surface area contributed by atoms with Crippen molar-refractivity contribution >= 4 is 46.6 Å². The van der Waals surface area contributed by atoms with Crippen LogP contribution in [-0.4, -0.2) is 49.3 Å². The topological polar surface area (TPSA) is 173 Å². The van der Waals surface area contributed by atoms with E-state index in [1.807, 2.05) is 24.3 Å². The van der Waals surface area contributed by atoms with E-state index in [1.165, 1.54) is 49.9 Å². The van der Waals surface area contributed by atoms with Gasteiger partial charge in [-0.15, -0.1) is 0 Å². The molecule has 0 fully saturated rings. The van der Waals surface area contributed by atoms with Crippen LogP contribution in [-0.2, 0) is 28.7 Å². The van der Waals surface area contributed by atoms with E-state index < -0.39 is 46.9 Å². The Kier molecular flexibility index (Phi) is 19.6. The maximum Gasteiger partial charge on any atom is 0.357 e. The molecule has 64 heavy (non-hydrogen) atoms. The summed E-state index contributed by atoms with van der Waals surface area (Å²) in [6.45, 7) is 15.0. The van der Waals surface area contributed by atoms with Gasteiger partial charge >= 0.3 is 23.9 Å². The third-order valence-electron chi connectivity index (χ3n) is 9.31. The van der Waals surface area contributed by atoms with Gasteiger partial charge in [-0.25, -0.2) is 9.59 Å². The predicted octanol–water partition coefficient (Wildman–Crippen LogP) is 12.9. The maximum atomic E-state index is 13.9. The van der Waals surface area contributed by atoms with Crippen molar-refractivity contribution < 1.29 is 47.6 Å². The van der Waals surface area contributed by atoms with E-state index in [2.05, 4.69) is 34.3 Å². The van der Waals surface area contributed by atoms with Crippen LogP contribution in [0.15, 0.2) is 118 Å². The van der Waals surface area contributed by atoms with Crippen LogP contribution in [0, 0.1) is 10.8 Å². The van der Waals surface area contributed by atoms with Gasteiger partial charge in [0.2, 0.25) is 12.2 Å². The molecule has 0 radical (unpaired) electrons. The molecule has 14 heteroatoms. The highest BCUT2D eigenvalue weighted by atomic mass is 16.6. The molecule has 0 saturated carbocycles. The zero-order chi connectivity index (χ0) is 46.5. The molecule has 0 amide bonds. The fourth-order valence-electron chi connectivity index (χ4n) is 5.45. The largest absolute Gasteiger partial charge is 0.494 e. The van der Waals surface area contributed by atoms with Gasteiger partial charge in [0.1, 0.15) is 23.0 Å². The second-order valence-corrected chi connectivity index (χ2v) is 17.2. The quantitative estimate of drug-likeness (QED) is 0.0302. The summed E-state index contributed by atoms with van der Waals surface area (Å²) in [5, 5.41) is 17.1. The van der Waals surface area contributed by atoms with Crippen molar-refractivity contribution in [3.8, 4) is 23.0 Å². The Morgan fingerprint density at radius 3 is 0.969 bits per heavy atom. The molecule has 4 aromatic carbocycles. The Bertz CT molecular complexity index is 1980. The van der Waals surface area contributed by atoms with E-state index >= 15 is 0 Å². The molecular formula is C50H62N4O10. The molecule has 0 aliphatic heterocycles. The van der Waals surface area contributed by atoms with E-state index in [0.717, 1.165) is 37.2 Å². The number of ether oxygens (including phenoxy) is 6. The van der Waals surface area contributed by atoms with Gasteiger partial charge in [-0.1, -0.05) is 52.4 Å². The lowest BCUT2D eigenvalue weighted by atomic mass is 9.96. The molecule has 2 atom stereocenters. The number of nitrogens with zero attached hydrogens (tertiary/aromatic N) is 4. The highest BCUT2D eigenvalue weighted by Gasteiger charge is 2.46. The molecule has 0 unspecified atom stereocenters. The highest BCUT2D eigenvalue weighted by molar-refractivity contribution is 5.92. The molecule has 4 rings (SSSR count). The molecule has 342 valence electrons. The standard InChI is InChI=1S/C50H62N4O10/c1-9-11-13-15-33-59-39-25-17-35(18-26-39)51-53-37-21-29-41(30-22-37)61-45(55)43(63-47(57)49(3,4)5)44(64-48(58)50(6,7)8)46(56)62-42-31-23-38(24-32-42)54-52-36-19-27-40(28-20-36)60-34-16-14-12-10-2/h17-32,43-44H,9-16,33-34H2,1-8H3/t43-,44-/m1/s1. The number of hydrogen-bond acceptors (Lipinski definition) is 14. The molecule has 0 saturated heterocycles. The lowest BCUT2D eigenvalue weighted by molar-refractivity contribution is -0.191. The Morgan fingerprint density at radius 1 is 0.422 bits per heavy atom. The number of rotatable bonds is 23. The molecule has 0 bridgehead atoms. The Labute approximate surface area is 376 Å². The highest BCUT2D eigenvalue weighted by Crippen LogP contribution is 2.28. The van der Waals surface area contributed by atoms with Crippen LogP contribution in [0.3, 0.4) is 0 Å². The van der Waals surface area contributed by atoms with Gasteiger partial charge in [0, 0.05) is 0 Å². The van der Waals surface area contributed by atoms with Crippen LogP contribution in [0.4, 0.5) is 22.7 Å². The van der Waals surface area contributed by atoms with E-state index in [4.69, 9.17) is 28.4 Å². The van der Waals surface area contributed by atoms with Crippen molar-refractivity contribution in [2.75, 3.05) is 13.2 Å². The van der Waals surface area contributed by atoms with E-state index in [0.29, 0.717) is 36.0 Å². The van der Waals surface area contributed by atoms with Gasteiger partial charge in [0.15, 0.2) is 0 Å². The first-order valence-corrected chi connectivity index (χ1v) is 21.9.